The number of carbonyl (C=O) groups is 1. The summed E-state index contributed by atoms with van der Waals surface area (Å²) in [5.41, 5.74) is 0. The van der Waals surface area contributed by atoms with Crippen molar-refractivity contribution in [3.8, 4) is 0 Å². The number of rotatable bonds is 8. The molecule has 1 rings (SSSR count). The lowest BCUT2D eigenvalue weighted by molar-refractivity contribution is -0.121. The third kappa shape index (κ3) is 6.32. The number of sulfone groups is 1. The summed E-state index contributed by atoms with van der Waals surface area (Å²) in [6.45, 7) is 1.78. The van der Waals surface area contributed by atoms with Crippen molar-refractivity contribution in [3.05, 3.63) is 0 Å². The quantitative estimate of drug-likeness (QED) is 0.574. The zero-order valence-electron chi connectivity index (χ0n) is 10.8. The number of amides is 1. The molecule has 1 atom stereocenters. The van der Waals surface area contributed by atoms with Gasteiger partial charge in [-0.25, -0.2) is 8.42 Å². The van der Waals surface area contributed by atoms with E-state index in [2.05, 4.69) is 10.6 Å². The minimum Gasteiger partial charge on any atom is -0.385 e. The van der Waals surface area contributed by atoms with Crippen LogP contribution in [0.25, 0.3) is 0 Å². The molecule has 1 unspecified atom stereocenters. The highest BCUT2D eigenvalue weighted by Crippen LogP contribution is 2.10. The number of carbonyl (C=O) groups excluding carboxylic acids is 1. The lowest BCUT2D eigenvalue weighted by atomic mass is 10.2. The Morgan fingerprint density at radius 1 is 1.39 bits per heavy atom. The van der Waals surface area contributed by atoms with Gasteiger partial charge in [0.2, 0.25) is 5.91 Å². The van der Waals surface area contributed by atoms with Crippen LogP contribution in [0.3, 0.4) is 0 Å². The molecule has 18 heavy (non-hydrogen) atoms. The van der Waals surface area contributed by atoms with Gasteiger partial charge in [-0.15, -0.1) is 0 Å². The molecule has 0 radical (unpaired) electrons. The van der Waals surface area contributed by atoms with Crippen molar-refractivity contribution < 1.29 is 17.9 Å². The van der Waals surface area contributed by atoms with Crippen molar-refractivity contribution in [1.82, 2.24) is 10.6 Å². The van der Waals surface area contributed by atoms with E-state index < -0.39 is 9.84 Å². The Kier molecular flexibility index (Phi) is 6.59. The van der Waals surface area contributed by atoms with Gasteiger partial charge in [0.15, 0.2) is 9.84 Å². The summed E-state index contributed by atoms with van der Waals surface area (Å²) in [5.74, 6) is 0.440. The Morgan fingerprint density at radius 2 is 2.17 bits per heavy atom. The van der Waals surface area contributed by atoms with Crippen LogP contribution in [0.15, 0.2) is 0 Å². The van der Waals surface area contributed by atoms with Crippen LogP contribution in [0.4, 0.5) is 0 Å². The second kappa shape index (κ2) is 7.70. The number of ether oxygens (including phenoxy) is 1. The van der Waals surface area contributed by atoms with E-state index >= 15 is 0 Å². The second-order valence-electron chi connectivity index (χ2n) is 4.50. The summed E-state index contributed by atoms with van der Waals surface area (Å²) in [4.78, 5) is 11.4. The topological polar surface area (TPSA) is 84.5 Å². The minimum atomic E-state index is -2.84. The molecule has 0 aromatic rings. The largest absolute Gasteiger partial charge is 0.385 e. The summed E-state index contributed by atoms with van der Waals surface area (Å²) in [7, 11) is -1.22. The SMILES string of the molecule is COCCCNC(=O)CCNC1CCS(=O)(=O)C1. The average Bonchev–Trinajstić information content (AvgIpc) is 2.64. The van der Waals surface area contributed by atoms with E-state index in [-0.39, 0.29) is 23.5 Å². The molecule has 0 aromatic carbocycles. The monoisotopic (exact) mass is 278 g/mol. The molecule has 0 saturated carbocycles. The molecule has 1 fully saturated rings. The number of methoxy groups -OCH3 is 1. The second-order valence-corrected chi connectivity index (χ2v) is 6.73. The van der Waals surface area contributed by atoms with Gasteiger partial charge in [-0.3, -0.25) is 4.79 Å². The normalized spacial score (nSPS) is 21.9. The first-order valence-corrected chi connectivity index (χ1v) is 8.05. The highest BCUT2D eigenvalue weighted by atomic mass is 32.2. The van der Waals surface area contributed by atoms with Crippen LogP contribution in [0, 0.1) is 0 Å². The fourth-order valence-corrected chi connectivity index (χ4v) is 3.59. The maximum absolute atomic E-state index is 11.4. The smallest absolute Gasteiger partial charge is 0.221 e. The summed E-state index contributed by atoms with van der Waals surface area (Å²) < 4.78 is 27.3. The van der Waals surface area contributed by atoms with Gasteiger partial charge >= 0.3 is 0 Å². The van der Waals surface area contributed by atoms with E-state index in [9.17, 15) is 13.2 Å². The maximum atomic E-state index is 11.4. The molecule has 1 aliphatic rings. The molecule has 0 spiro atoms. The molecule has 106 valence electrons. The summed E-state index contributed by atoms with van der Waals surface area (Å²) in [5, 5.41) is 5.89. The Hall–Kier alpha value is -0.660. The molecule has 1 saturated heterocycles. The van der Waals surface area contributed by atoms with E-state index in [0.29, 0.717) is 32.5 Å². The standard InChI is InChI=1S/C11H22N2O4S/c1-17-7-2-5-13-11(14)3-6-12-10-4-8-18(15,16)9-10/h10,12H,2-9H2,1H3,(H,13,14). The van der Waals surface area contributed by atoms with Crippen LogP contribution in [-0.4, -0.2) is 58.7 Å². The van der Waals surface area contributed by atoms with Crippen molar-refractivity contribution in [3.63, 3.8) is 0 Å². The molecule has 6 nitrogen and oxygen atoms in total. The molecule has 1 amide bonds. The van der Waals surface area contributed by atoms with Gasteiger partial charge in [0, 0.05) is 39.3 Å². The maximum Gasteiger partial charge on any atom is 0.221 e. The molecule has 0 bridgehead atoms. The zero-order chi connectivity index (χ0) is 13.4. The Morgan fingerprint density at radius 3 is 2.78 bits per heavy atom. The Bertz CT molecular complexity index is 356. The van der Waals surface area contributed by atoms with Crippen LogP contribution >= 0.6 is 0 Å². The number of hydrogen-bond donors (Lipinski definition) is 2. The summed E-state index contributed by atoms with van der Waals surface area (Å²) >= 11 is 0. The summed E-state index contributed by atoms with van der Waals surface area (Å²) in [6.07, 6.45) is 1.83. The Balaban J connectivity index is 2.02. The van der Waals surface area contributed by atoms with Crippen molar-refractivity contribution >= 4 is 15.7 Å². The Labute approximate surface area is 108 Å². The van der Waals surface area contributed by atoms with Crippen molar-refractivity contribution in [2.75, 3.05) is 38.3 Å². The predicted molar refractivity (Wildman–Crippen MR) is 69.2 cm³/mol. The van der Waals surface area contributed by atoms with E-state index in [1.165, 1.54) is 0 Å². The van der Waals surface area contributed by atoms with Crippen molar-refractivity contribution in [2.45, 2.75) is 25.3 Å². The molecular weight excluding hydrogens is 256 g/mol. The van der Waals surface area contributed by atoms with E-state index in [1.807, 2.05) is 0 Å². The molecule has 2 N–H and O–H groups in total. The van der Waals surface area contributed by atoms with E-state index in [1.54, 1.807) is 7.11 Å². The fourth-order valence-electron chi connectivity index (χ4n) is 1.88. The first-order chi connectivity index (χ1) is 8.53. The average molecular weight is 278 g/mol. The lowest BCUT2D eigenvalue weighted by Gasteiger charge is -2.10. The van der Waals surface area contributed by atoms with E-state index in [4.69, 9.17) is 4.74 Å². The van der Waals surface area contributed by atoms with Crippen molar-refractivity contribution in [1.29, 1.82) is 0 Å². The van der Waals surface area contributed by atoms with Crippen LogP contribution < -0.4 is 10.6 Å². The lowest BCUT2D eigenvalue weighted by Crippen LogP contribution is -2.34. The van der Waals surface area contributed by atoms with E-state index in [0.717, 1.165) is 6.42 Å². The first kappa shape index (κ1) is 15.4. The highest BCUT2D eigenvalue weighted by molar-refractivity contribution is 7.91. The molecule has 0 aromatic heterocycles. The van der Waals surface area contributed by atoms with Gasteiger partial charge in [0.1, 0.15) is 0 Å². The molecule has 0 aliphatic carbocycles. The minimum absolute atomic E-state index is 0.0105. The van der Waals surface area contributed by atoms with Crippen LogP contribution in [0.5, 0.6) is 0 Å². The third-order valence-electron chi connectivity index (χ3n) is 2.86. The fraction of sp³-hybridized carbons (Fsp3) is 0.909. The zero-order valence-corrected chi connectivity index (χ0v) is 11.6. The van der Waals surface area contributed by atoms with Gasteiger partial charge < -0.3 is 15.4 Å². The van der Waals surface area contributed by atoms with Crippen LogP contribution in [0.1, 0.15) is 19.3 Å². The summed E-state index contributed by atoms with van der Waals surface area (Å²) in [6, 6.07) is 0.0105. The molecule has 1 heterocycles. The first-order valence-electron chi connectivity index (χ1n) is 6.23. The van der Waals surface area contributed by atoms with Crippen molar-refractivity contribution in [2.24, 2.45) is 0 Å². The number of hydrogen-bond acceptors (Lipinski definition) is 5. The van der Waals surface area contributed by atoms with Crippen LogP contribution in [-0.2, 0) is 19.4 Å². The molecule has 1 aliphatic heterocycles. The molecule has 7 heteroatoms. The van der Waals surface area contributed by atoms with Gasteiger partial charge in [0.25, 0.3) is 0 Å². The predicted octanol–water partition coefficient (Wildman–Crippen LogP) is -0.694. The number of nitrogens with one attached hydrogen (secondary N) is 2. The van der Waals surface area contributed by atoms with Crippen LogP contribution in [0.2, 0.25) is 0 Å². The highest BCUT2D eigenvalue weighted by Gasteiger charge is 2.27. The third-order valence-corrected chi connectivity index (χ3v) is 4.63. The van der Waals surface area contributed by atoms with Gasteiger partial charge in [-0.2, -0.15) is 0 Å². The van der Waals surface area contributed by atoms with Gasteiger partial charge in [0.05, 0.1) is 11.5 Å². The molecular formula is C11H22N2O4S. The van der Waals surface area contributed by atoms with Gasteiger partial charge in [-0.05, 0) is 12.8 Å². The van der Waals surface area contributed by atoms with Gasteiger partial charge in [-0.1, -0.05) is 0 Å².